The van der Waals surface area contributed by atoms with Crippen molar-refractivity contribution in [1.82, 2.24) is 10.2 Å². The van der Waals surface area contributed by atoms with Gasteiger partial charge >= 0.3 is 0 Å². The topological polar surface area (TPSA) is 67.9 Å². The number of hydrogen-bond donors (Lipinski definition) is 1. The minimum Gasteiger partial charge on any atom is -0.497 e. The molecule has 2 aromatic carbocycles. The van der Waals surface area contributed by atoms with Crippen LogP contribution in [0.25, 0.3) is 0 Å². The summed E-state index contributed by atoms with van der Waals surface area (Å²) in [7, 11) is 3.22. The predicted molar refractivity (Wildman–Crippen MR) is 116 cm³/mol. The smallest absolute Gasteiger partial charge is 0.227 e. The minimum atomic E-state index is -0.354. The van der Waals surface area contributed by atoms with E-state index in [4.69, 9.17) is 9.47 Å². The van der Waals surface area contributed by atoms with Crippen molar-refractivity contribution in [1.29, 1.82) is 0 Å². The van der Waals surface area contributed by atoms with Crippen LogP contribution in [0.4, 0.5) is 0 Å². The molecule has 0 spiro atoms. The summed E-state index contributed by atoms with van der Waals surface area (Å²) in [6, 6.07) is 15.3. The molecule has 2 amide bonds. The number of rotatable bonds is 7. The van der Waals surface area contributed by atoms with Crippen LogP contribution in [-0.2, 0) is 16.0 Å². The lowest BCUT2D eigenvalue weighted by Gasteiger charge is -2.22. The summed E-state index contributed by atoms with van der Waals surface area (Å²) in [6.45, 7) is 4.72. The largest absolute Gasteiger partial charge is 0.497 e. The Morgan fingerprint density at radius 1 is 1.07 bits per heavy atom. The number of carbonyl (C=O) groups is 2. The van der Waals surface area contributed by atoms with Crippen LogP contribution in [0.1, 0.15) is 30.9 Å². The first-order chi connectivity index (χ1) is 14.4. The Morgan fingerprint density at radius 2 is 1.80 bits per heavy atom. The van der Waals surface area contributed by atoms with Gasteiger partial charge < -0.3 is 19.7 Å². The van der Waals surface area contributed by atoms with Crippen LogP contribution in [0.5, 0.6) is 11.5 Å². The maximum atomic E-state index is 13.0. The first-order valence-corrected chi connectivity index (χ1v) is 10.3. The summed E-state index contributed by atoms with van der Waals surface area (Å²) in [6.07, 6.45) is 0.321. The third-order valence-corrected chi connectivity index (χ3v) is 5.47. The molecule has 6 nitrogen and oxygen atoms in total. The Bertz CT molecular complexity index is 882. The number of methoxy groups -OCH3 is 2. The molecule has 0 aromatic heterocycles. The Hall–Kier alpha value is -3.02. The van der Waals surface area contributed by atoms with E-state index in [1.54, 1.807) is 19.1 Å². The summed E-state index contributed by atoms with van der Waals surface area (Å²) in [4.78, 5) is 27.8. The number of carbonyl (C=O) groups excluding carboxylic acids is 2. The molecule has 160 valence electrons. The monoisotopic (exact) mass is 410 g/mol. The number of nitrogens with zero attached hydrogens (tertiary/aromatic N) is 1. The van der Waals surface area contributed by atoms with Crippen molar-refractivity contribution in [3.8, 4) is 11.5 Å². The molecular weight excluding hydrogens is 380 g/mol. The van der Waals surface area contributed by atoms with E-state index in [2.05, 4.69) is 5.32 Å². The minimum absolute atomic E-state index is 0.0212. The van der Waals surface area contributed by atoms with Gasteiger partial charge in [-0.25, -0.2) is 0 Å². The van der Waals surface area contributed by atoms with Crippen molar-refractivity contribution >= 4 is 11.8 Å². The maximum absolute atomic E-state index is 13.0. The van der Waals surface area contributed by atoms with Crippen LogP contribution in [0, 0.1) is 5.92 Å². The van der Waals surface area contributed by atoms with E-state index in [9.17, 15) is 9.59 Å². The Morgan fingerprint density at radius 3 is 2.43 bits per heavy atom. The zero-order valence-electron chi connectivity index (χ0n) is 18.1. The average Bonchev–Trinajstić information content (AvgIpc) is 3.19. The first kappa shape index (κ1) is 21.7. The lowest BCUT2D eigenvalue weighted by Crippen LogP contribution is -2.39. The zero-order valence-corrected chi connectivity index (χ0v) is 18.1. The number of amides is 2. The van der Waals surface area contributed by atoms with Crippen molar-refractivity contribution in [3.63, 3.8) is 0 Å². The first-order valence-electron chi connectivity index (χ1n) is 10.3. The third-order valence-electron chi connectivity index (χ3n) is 5.47. The summed E-state index contributed by atoms with van der Waals surface area (Å²) >= 11 is 0. The van der Waals surface area contributed by atoms with E-state index in [1.807, 2.05) is 62.4 Å². The molecule has 1 fully saturated rings. The van der Waals surface area contributed by atoms with Gasteiger partial charge in [0.1, 0.15) is 11.5 Å². The van der Waals surface area contributed by atoms with E-state index in [1.165, 1.54) is 0 Å². The molecule has 0 aliphatic carbocycles. The van der Waals surface area contributed by atoms with Crippen molar-refractivity contribution in [2.24, 2.45) is 5.92 Å². The van der Waals surface area contributed by atoms with E-state index in [0.29, 0.717) is 31.0 Å². The van der Waals surface area contributed by atoms with Crippen molar-refractivity contribution in [2.75, 3.05) is 27.3 Å². The van der Waals surface area contributed by atoms with Crippen LogP contribution in [0.3, 0.4) is 0 Å². The summed E-state index contributed by atoms with van der Waals surface area (Å²) < 4.78 is 11.0. The maximum Gasteiger partial charge on any atom is 0.227 e. The molecular formula is C24H30N2O4. The van der Waals surface area contributed by atoms with Gasteiger partial charge in [0.2, 0.25) is 11.8 Å². The van der Waals surface area contributed by atoms with E-state index in [-0.39, 0.29) is 29.7 Å². The van der Waals surface area contributed by atoms with Crippen molar-refractivity contribution in [2.45, 2.75) is 32.2 Å². The average molecular weight is 411 g/mol. The molecule has 30 heavy (non-hydrogen) atoms. The van der Waals surface area contributed by atoms with Crippen molar-refractivity contribution in [3.05, 3.63) is 59.7 Å². The number of nitrogens with one attached hydrogen (secondary N) is 1. The second-order valence-electron chi connectivity index (χ2n) is 7.95. The van der Waals surface area contributed by atoms with Gasteiger partial charge in [-0.3, -0.25) is 9.59 Å². The summed E-state index contributed by atoms with van der Waals surface area (Å²) in [5.41, 5.74) is 1.85. The van der Waals surface area contributed by atoms with E-state index >= 15 is 0 Å². The van der Waals surface area contributed by atoms with Gasteiger partial charge in [0.05, 0.1) is 26.6 Å². The Kier molecular flexibility index (Phi) is 6.98. The number of ether oxygens (including phenoxy) is 2. The molecule has 2 aromatic rings. The number of likely N-dealkylation sites (tertiary alicyclic amines) is 1. The second kappa shape index (κ2) is 9.65. The fraction of sp³-hybridized carbons (Fsp3) is 0.417. The quantitative estimate of drug-likeness (QED) is 0.762. The SMILES string of the molecule is COc1ccc(OC)c(C2CN(C(=O)Cc3ccccc3)CC2C(=O)NC(C)C)c1. The summed E-state index contributed by atoms with van der Waals surface area (Å²) in [5.74, 6) is 0.841. The van der Waals surface area contributed by atoms with Gasteiger partial charge in [-0.2, -0.15) is 0 Å². The highest BCUT2D eigenvalue weighted by Crippen LogP contribution is 2.39. The molecule has 0 radical (unpaired) electrons. The van der Waals surface area contributed by atoms with Crippen LogP contribution in [-0.4, -0.2) is 50.1 Å². The van der Waals surface area contributed by atoms with Gasteiger partial charge in [-0.1, -0.05) is 30.3 Å². The third kappa shape index (κ3) is 4.93. The molecule has 1 N–H and O–H groups in total. The van der Waals surface area contributed by atoms with Gasteiger partial charge in [-0.15, -0.1) is 0 Å². The highest BCUT2D eigenvalue weighted by atomic mass is 16.5. The molecule has 6 heteroatoms. The lowest BCUT2D eigenvalue weighted by atomic mass is 9.87. The fourth-order valence-corrected chi connectivity index (χ4v) is 3.99. The highest BCUT2D eigenvalue weighted by molar-refractivity contribution is 5.84. The highest BCUT2D eigenvalue weighted by Gasteiger charge is 2.41. The number of hydrogen-bond acceptors (Lipinski definition) is 4. The van der Waals surface area contributed by atoms with Crippen LogP contribution >= 0.6 is 0 Å². The Balaban J connectivity index is 1.89. The molecule has 1 saturated heterocycles. The molecule has 2 atom stereocenters. The molecule has 1 heterocycles. The lowest BCUT2D eigenvalue weighted by molar-refractivity contribution is -0.130. The van der Waals surface area contributed by atoms with Crippen LogP contribution in [0.2, 0.25) is 0 Å². The van der Waals surface area contributed by atoms with Gasteiger partial charge in [-0.05, 0) is 37.6 Å². The molecule has 1 aliphatic rings. The van der Waals surface area contributed by atoms with E-state index < -0.39 is 0 Å². The van der Waals surface area contributed by atoms with Crippen LogP contribution < -0.4 is 14.8 Å². The predicted octanol–water partition coefficient (Wildman–Crippen LogP) is 3.01. The second-order valence-corrected chi connectivity index (χ2v) is 7.95. The van der Waals surface area contributed by atoms with Crippen molar-refractivity contribution < 1.29 is 19.1 Å². The van der Waals surface area contributed by atoms with Gasteiger partial charge in [0, 0.05) is 30.6 Å². The van der Waals surface area contributed by atoms with Gasteiger partial charge in [0.25, 0.3) is 0 Å². The fourth-order valence-electron chi connectivity index (χ4n) is 3.99. The molecule has 2 unspecified atom stereocenters. The molecule has 1 aliphatic heterocycles. The normalized spacial score (nSPS) is 18.4. The van der Waals surface area contributed by atoms with Crippen LogP contribution in [0.15, 0.2) is 48.5 Å². The standard InChI is InChI=1S/C24H30N2O4/c1-16(2)25-24(28)21-15-26(23(27)12-17-8-6-5-7-9-17)14-20(21)19-13-18(29-3)10-11-22(19)30-4/h5-11,13,16,20-21H,12,14-15H2,1-4H3,(H,25,28). The Labute approximate surface area is 178 Å². The zero-order chi connectivity index (χ0) is 21.7. The van der Waals surface area contributed by atoms with Gasteiger partial charge in [0.15, 0.2) is 0 Å². The molecule has 0 saturated carbocycles. The summed E-state index contributed by atoms with van der Waals surface area (Å²) in [5, 5.41) is 3.01. The van der Waals surface area contributed by atoms with E-state index in [0.717, 1.165) is 11.1 Å². The molecule has 0 bridgehead atoms. The molecule has 3 rings (SSSR count). The number of benzene rings is 2.